The lowest BCUT2D eigenvalue weighted by molar-refractivity contribution is 0.0875. The molecule has 1 fully saturated rings. The van der Waals surface area contributed by atoms with Crippen LogP contribution in [-0.4, -0.2) is 21.9 Å². The van der Waals surface area contributed by atoms with E-state index in [0.717, 1.165) is 29.8 Å². The summed E-state index contributed by atoms with van der Waals surface area (Å²) < 4.78 is 11.4. The number of H-pyrrole nitrogens is 1. The van der Waals surface area contributed by atoms with Crippen molar-refractivity contribution in [2.75, 3.05) is 0 Å². The van der Waals surface area contributed by atoms with E-state index < -0.39 is 0 Å². The number of aromatic nitrogens is 2. The zero-order valence-electron chi connectivity index (χ0n) is 15.5. The van der Waals surface area contributed by atoms with Gasteiger partial charge in [0.05, 0.1) is 12.0 Å². The third-order valence-electron chi connectivity index (χ3n) is 4.89. The van der Waals surface area contributed by atoms with Crippen LogP contribution < -0.4 is 15.6 Å². The van der Waals surface area contributed by atoms with Crippen LogP contribution >= 0.6 is 0 Å². The highest BCUT2D eigenvalue weighted by atomic mass is 16.5. The summed E-state index contributed by atoms with van der Waals surface area (Å²) in [6.07, 6.45) is 2.92. The molecule has 0 aliphatic heterocycles. The van der Waals surface area contributed by atoms with Crippen molar-refractivity contribution in [1.29, 1.82) is 0 Å². The van der Waals surface area contributed by atoms with E-state index in [9.17, 15) is 9.59 Å². The first-order valence-corrected chi connectivity index (χ1v) is 9.21. The summed E-state index contributed by atoms with van der Waals surface area (Å²) in [5.74, 6) is 1.62. The molecule has 1 aromatic carbocycles. The average molecular weight is 379 g/mol. The number of aromatic amines is 1. The van der Waals surface area contributed by atoms with Crippen molar-refractivity contribution in [2.24, 2.45) is 0 Å². The number of hydrogen-bond donors (Lipinski definition) is 2. The van der Waals surface area contributed by atoms with Gasteiger partial charge in [-0.2, -0.15) is 0 Å². The van der Waals surface area contributed by atoms with Crippen molar-refractivity contribution in [1.82, 2.24) is 15.3 Å². The molecule has 1 amide bonds. The van der Waals surface area contributed by atoms with Crippen molar-refractivity contribution in [3.63, 3.8) is 0 Å². The third-order valence-corrected chi connectivity index (χ3v) is 4.89. The summed E-state index contributed by atoms with van der Waals surface area (Å²) in [5.41, 5.74) is 1.38. The molecule has 144 valence electrons. The standard InChI is InChI=1S/C21H21N3O4/c1-13-7-17(11-27-16-5-3-2-4-6-16)28-20(13)21(26)24-15-8-14(9-15)18-10-19(25)23-12-22-18/h2-7,10,12,14-15H,8-9,11H2,1H3,(H,24,26)(H,22,23,25). The summed E-state index contributed by atoms with van der Waals surface area (Å²) in [5, 5.41) is 2.99. The fourth-order valence-electron chi connectivity index (χ4n) is 3.35. The predicted octanol–water partition coefficient (Wildman–Crippen LogP) is 2.93. The zero-order chi connectivity index (χ0) is 19.5. The zero-order valence-corrected chi connectivity index (χ0v) is 15.5. The van der Waals surface area contributed by atoms with Crippen LogP contribution in [0.4, 0.5) is 0 Å². The van der Waals surface area contributed by atoms with Gasteiger partial charge >= 0.3 is 0 Å². The third kappa shape index (κ3) is 3.98. The van der Waals surface area contributed by atoms with Crippen LogP contribution in [0.25, 0.3) is 0 Å². The Morgan fingerprint density at radius 1 is 1.29 bits per heavy atom. The molecule has 2 aromatic heterocycles. The van der Waals surface area contributed by atoms with Crippen LogP contribution in [-0.2, 0) is 6.61 Å². The van der Waals surface area contributed by atoms with Gasteiger partial charge < -0.3 is 19.5 Å². The van der Waals surface area contributed by atoms with E-state index >= 15 is 0 Å². The number of ether oxygens (including phenoxy) is 1. The number of aryl methyl sites for hydroxylation is 1. The number of nitrogens with one attached hydrogen (secondary N) is 2. The molecule has 1 aliphatic carbocycles. The number of carbonyl (C=O) groups is 1. The second-order valence-electron chi connectivity index (χ2n) is 7.00. The molecule has 2 heterocycles. The van der Waals surface area contributed by atoms with Crippen LogP contribution in [0.5, 0.6) is 5.75 Å². The lowest BCUT2D eigenvalue weighted by atomic mass is 9.78. The fourth-order valence-corrected chi connectivity index (χ4v) is 3.35. The normalized spacial score (nSPS) is 18.3. The highest BCUT2D eigenvalue weighted by Crippen LogP contribution is 2.35. The number of carbonyl (C=O) groups excluding carboxylic acids is 1. The van der Waals surface area contributed by atoms with Gasteiger partial charge in [-0.15, -0.1) is 0 Å². The molecule has 0 radical (unpaired) electrons. The smallest absolute Gasteiger partial charge is 0.287 e. The lowest BCUT2D eigenvalue weighted by Gasteiger charge is -2.35. The maximum absolute atomic E-state index is 12.5. The second-order valence-corrected chi connectivity index (χ2v) is 7.00. The number of furan rings is 1. The van der Waals surface area contributed by atoms with Crippen LogP contribution in [0.3, 0.4) is 0 Å². The monoisotopic (exact) mass is 379 g/mol. The summed E-state index contributed by atoms with van der Waals surface area (Å²) in [7, 11) is 0. The molecule has 0 saturated heterocycles. The Kier molecular flexibility index (Phi) is 4.97. The Morgan fingerprint density at radius 3 is 2.82 bits per heavy atom. The van der Waals surface area contributed by atoms with E-state index in [1.165, 1.54) is 12.4 Å². The minimum absolute atomic E-state index is 0.0482. The fraction of sp³-hybridized carbons (Fsp3) is 0.286. The van der Waals surface area contributed by atoms with E-state index in [2.05, 4.69) is 15.3 Å². The van der Waals surface area contributed by atoms with Crippen LogP contribution in [0.15, 0.2) is 58.0 Å². The number of rotatable bonds is 6. The summed E-state index contributed by atoms with van der Waals surface area (Å²) >= 11 is 0. The van der Waals surface area contributed by atoms with Gasteiger partial charge in [0.25, 0.3) is 11.5 Å². The van der Waals surface area contributed by atoms with E-state index in [1.807, 2.05) is 43.3 Å². The van der Waals surface area contributed by atoms with Crippen LogP contribution in [0, 0.1) is 6.92 Å². The van der Waals surface area contributed by atoms with E-state index in [4.69, 9.17) is 9.15 Å². The van der Waals surface area contributed by atoms with E-state index in [1.54, 1.807) is 0 Å². The average Bonchev–Trinajstić information content (AvgIpc) is 3.04. The first-order valence-electron chi connectivity index (χ1n) is 9.21. The topological polar surface area (TPSA) is 97.2 Å². The van der Waals surface area contributed by atoms with Gasteiger partial charge in [-0.1, -0.05) is 18.2 Å². The van der Waals surface area contributed by atoms with Gasteiger partial charge in [0.1, 0.15) is 18.1 Å². The number of benzene rings is 1. The Balaban J connectivity index is 1.32. The maximum Gasteiger partial charge on any atom is 0.287 e. The number of hydrogen-bond acceptors (Lipinski definition) is 5. The molecule has 0 bridgehead atoms. The first kappa shape index (κ1) is 18.0. The van der Waals surface area contributed by atoms with Gasteiger partial charge in [0, 0.05) is 23.6 Å². The molecule has 7 heteroatoms. The molecular formula is C21H21N3O4. The summed E-state index contributed by atoms with van der Waals surface area (Å²) in [6.45, 7) is 2.10. The Hall–Kier alpha value is -3.35. The molecule has 4 rings (SSSR count). The minimum atomic E-state index is -0.231. The highest BCUT2D eigenvalue weighted by Gasteiger charge is 2.33. The van der Waals surface area contributed by atoms with Gasteiger partial charge in [-0.3, -0.25) is 9.59 Å². The first-order chi connectivity index (χ1) is 13.6. The largest absolute Gasteiger partial charge is 0.486 e. The quantitative estimate of drug-likeness (QED) is 0.686. The summed E-state index contributed by atoms with van der Waals surface area (Å²) in [6, 6.07) is 12.8. The Bertz CT molecular complexity index is 1020. The Labute approximate surface area is 161 Å². The molecule has 2 N–H and O–H groups in total. The maximum atomic E-state index is 12.5. The van der Waals surface area contributed by atoms with Crippen molar-refractivity contribution in [3.05, 3.63) is 81.9 Å². The Morgan fingerprint density at radius 2 is 2.07 bits per heavy atom. The molecule has 0 spiro atoms. The molecule has 1 saturated carbocycles. The molecule has 28 heavy (non-hydrogen) atoms. The molecule has 0 atom stereocenters. The molecule has 1 aliphatic rings. The van der Waals surface area contributed by atoms with Crippen molar-refractivity contribution in [3.8, 4) is 5.75 Å². The van der Waals surface area contributed by atoms with Gasteiger partial charge in [0.2, 0.25) is 0 Å². The SMILES string of the molecule is Cc1cc(COc2ccccc2)oc1C(=O)NC1CC(c2cc(=O)[nH]cn2)C1. The van der Waals surface area contributed by atoms with Crippen molar-refractivity contribution >= 4 is 5.91 Å². The van der Waals surface area contributed by atoms with Gasteiger partial charge in [-0.25, -0.2) is 4.98 Å². The van der Waals surface area contributed by atoms with E-state index in [0.29, 0.717) is 11.5 Å². The highest BCUT2D eigenvalue weighted by molar-refractivity contribution is 5.93. The number of nitrogens with zero attached hydrogens (tertiary/aromatic N) is 1. The number of para-hydroxylation sites is 1. The molecular weight excluding hydrogens is 358 g/mol. The van der Waals surface area contributed by atoms with Gasteiger partial charge in [0.15, 0.2) is 5.76 Å². The van der Waals surface area contributed by atoms with Crippen LogP contribution in [0.1, 0.15) is 46.3 Å². The number of amides is 1. The minimum Gasteiger partial charge on any atom is -0.486 e. The van der Waals surface area contributed by atoms with Gasteiger partial charge in [-0.05, 0) is 38.0 Å². The second kappa shape index (κ2) is 7.72. The lowest BCUT2D eigenvalue weighted by Crippen LogP contribution is -2.43. The summed E-state index contributed by atoms with van der Waals surface area (Å²) in [4.78, 5) is 30.6. The predicted molar refractivity (Wildman–Crippen MR) is 102 cm³/mol. The van der Waals surface area contributed by atoms with Crippen LogP contribution in [0.2, 0.25) is 0 Å². The van der Waals surface area contributed by atoms with Crippen molar-refractivity contribution in [2.45, 2.75) is 38.3 Å². The molecule has 0 unspecified atom stereocenters. The van der Waals surface area contributed by atoms with E-state index in [-0.39, 0.29) is 30.0 Å². The molecule has 3 aromatic rings. The molecule has 7 nitrogen and oxygen atoms in total. The van der Waals surface area contributed by atoms with Crippen molar-refractivity contribution < 1.29 is 13.9 Å².